The minimum atomic E-state index is 0.878. The smallest absolute Gasteiger partial charge is 0.0742 e. The Labute approximate surface area is 154 Å². The molecule has 0 radical (unpaired) electrons. The number of rotatable bonds is 3. The lowest BCUT2D eigenvalue weighted by Gasteiger charge is -2.13. The van der Waals surface area contributed by atoms with Gasteiger partial charge in [0, 0.05) is 11.1 Å². The van der Waals surface area contributed by atoms with Gasteiger partial charge in [0.2, 0.25) is 0 Å². The summed E-state index contributed by atoms with van der Waals surface area (Å²) in [5.41, 5.74) is 7.15. The second-order valence-corrected chi connectivity index (χ2v) is 7.03. The molecule has 25 heavy (non-hydrogen) atoms. The minimum Gasteiger partial charge on any atom is -0.195 e. The van der Waals surface area contributed by atoms with Crippen molar-refractivity contribution >= 4 is 29.1 Å². The monoisotopic (exact) mass is 341 g/mol. The van der Waals surface area contributed by atoms with Crippen LogP contribution in [-0.4, -0.2) is 5.16 Å². The number of benzene rings is 2. The quantitative estimate of drug-likeness (QED) is 0.393. The lowest BCUT2D eigenvalue weighted by Crippen LogP contribution is -1.97. The molecule has 0 heterocycles. The molecule has 2 aliphatic carbocycles. The fourth-order valence-corrected chi connectivity index (χ4v) is 3.34. The zero-order valence-corrected chi connectivity index (χ0v) is 14.9. The Kier molecular flexibility index (Phi) is 4.61. The third-order valence-corrected chi connectivity index (χ3v) is 4.93. The van der Waals surface area contributed by atoms with E-state index < -0.39 is 0 Å². The van der Waals surface area contributed by atoms with E-state index in [9.17, 15) is 0 Å². The maximum atomic E-state index is 4.67. The van der Waals surface area contributed by atoms with Crippen LogP contribution in [-0.2, 0) is 12.8 Å². The van der Waals surface area contributed by atoms with Gasteiger partial charge < -0.3 is 0 Å². The highest BCUT2D eigenvalue weighted by molar-refractivity contribution is 7.78. The summed E-state index contributed by atoms with van der Waals surface area (Å²) in [6.45, 7) is 0. The first-order valence-electron chi connectivity index (χ1n) is 8.82. The van der Waals surface area contributed by atoms with Gasteiger partial charge in [0.15, 0.2) is 0 Å². The molecule has 1 saturated carbocycles. The van der Waals surface area contributed by atoms with E-state index >= 15 is 0 Å². The molecule has 4 rings (SSSR count). The average Bonchev–Trinajstić information content (AvgIpc) is 3.45. The van der Waals surface area contributed by atoms with E-state index in [0.29, 0.717) is 0 Å². The summed E-state index contributed by atoms with van der Waals surface area (Å²) in [5.74, 6) is 7.59. The van der Waals surface area contributed by atoms with Crippen LogP contribution in [0.3, 0.4) is 0 Å². The Bertz CT molecular complexity index is 930. The van der Waals surface area contributed by atoms with Gasteiger partial charge in [-0.25, -0.2) is 0 Å². The topological polar surface area (TPSA) is 12.4 Å². The Hall–Kier alpha value is -2.46. The molecule has 1 fully saturated rings. The van der Waals surface area contributed by atoms with Crippen molar-refractivity contribution in [1.29, 1.82) is 0 Å². The molecule has 2 heteroatoms. The van der Waals surface area contributed by atoms with Gasteiger partial charge in [0.1, 0.15) is 0 Å². The van der Waals surface area contributed by atoms with E-state index in [4.69, 9.17) is 0 Å². The standard InChI is InChI=1S/C23H19NS/c25-16-24-23-12-11-21-14-20(9-10-22(21)15-23)6-3-17-1-4-18(5-2-17)13-19-7-8-19/h1-2,4-5,11-12,14-15,19H,7-10,13H2. The molecule has 2 aromatic carbocycles. The van der Waals surface area contributed by atoms with Crippen LogP contribution in [0.1, 0.15) is 41.5 Å². The SMILES string of the molecule is S=C=Nc1ccc2c(c1)CCC(C#Cc1ccc(CC3CC3)cc1)=C2. The first-order valence-corrected chi connectivity index (χ1v) is 9.23. The fraction of sp³-hybridized carbons (Fsp3) is 0.261. The molecule has 0 N–H and O–H groups in total. The van der Waals surface area contributed by atoms with Crippen LogP contribution < -0.4 is 0 Å². The number of isothiocyanates is 1. The Balaban J connectivity index is 1.49. The van der Waals surface area contributed by atoms with Crippen LogP contribution in [0.5, 0.6) is 0 Å². The number of fused-ring (bicyclic) bond motifs is 1. The number of hydrogen-bond donors (Lipinski definition) is 0. The molecule has 2 aromatic rings. The highest BCUT2D eigenvalue weighted by Gasteiger charge is 2.21. The van der Waals surface area contributed by atoms with Crippen LogP contribution in [0.4, 0.5) is 5.69 Å². The zero-order chi connectivity index (χ0) is 17.1. The van der Waals surface area contributed by atoms with E-state index in [2.05, 4.69) is 76.7 Å². The highest BCUT2D eigenvalue weighted by Crippen LogP contribution is 2.32. The van der Waals surface area contributed by atoms with Crippen molar-refractivity contribution in [3.05, 3.63) is 70.3 Å². The molecule has 1 nitrogen and oxygen atoms in total. The lowest BCUT2D eigenvalue weighted by atomic mass is 9.92. The predicted octanol–water partition coefficient (Wildman–Crippen LogP) is 5.75. The number of aliphatic imine (C=N–C) groups is 1. The van der Waals surface area contributed by atoms with E-state index in [1.807, 2.05) is 6.07 Å². The van der Waals surface area contributed by atoms with Gasteiger partial charge in [-0.05, 0) is 97.3 Å². The Morgan fingerprint density at radius 1 is 1.00 bits per heavy atom. The van der Waals surface area contributed by atoms with Gasteiger partial charge in [-0.1, -0.05) is 30.0 Å². The number of hydrogen-bond acceptors (Lipinski definition) is 2. The summed E-state index contributed by atoms with van der Waals surface area (Å²) in [4.78, 5) is 4.05. The lowest BCUT2D eigenvalue weighted by molar-refractivity contribution is 0.832. The molecule has 0 saturated heterocycles. The molecule has 0 amide bonds. The van der Waals surface area contributed by atoms with Gasteiger partial charge in [-0.15, -0.1) is 0 Å². The highest BCUT2D eigenvalue weighted by atomic mass is 32.1. The first-order chi connectivity index (χ1) is 12.3. The molecular weight excluding hydrogens is 322 g/mol. The Morgan fingerprint density at radius 2 is 1.84 bits per heavy atom. The molecule has 0 unspecified atom stereocenters. The predicted molar refractivity (Wildman–Crippen MR) is 107 cm³/mol. The minimum absolute atomic E-state index is 0.878. The van der Waals surface area contributed by atoms with Gasteiger partial charge in [0.25, 0.3) is 0 Å². The van der Waals surface area contributed by atoms with Crippen molar-refractivity contribution in [2.75, 3.05) is 0 Å². The molecule has 122 valence electrons. The van der Waals surface area contributed by atoms with Gasteiger partial charge in [-0.3, -0.25) is 0 Å². The molecule has 0 aliphatic heterocycles. The van der Waals surface area contributed by atoms with E-state index in [0.717, 1.165) is 30.0 Å². The van der Waals surface area contributed by atoms with Crippen LogP contribution in [0.25, 0.3) is 6.08 Å². The largest absolute Gasteiger partial charge is 0.195 e. The summed E-state index contributed by atoms with van der Waals surface area (Å²) < 4.78 is 0. The maximum Gasteiger partial charge on any atom is 0.0742 e. The van der Waals surface area contributed by atoms with Crippen molar-refractivity contribution in [3.8, 4) is 11.8 Å². The second kappa shape index (κ2) is 7.19. The third-order valence-electron chi connectivity index (χ3n) is 4.84. The summed E-state index contributed by atoms with van der Waals surface area (Å²) >= 11 is 4.67. The van der Waals surface area contributed by atoms with Crippen LogP contribution in [0.15, 0.2) is 53.0 Å². The van der Waals surface area contributed by atoms with E-state index in [1.54, 1.807) is 0 Å². The Morgan fingerprint density at radius 3 is 2.60 bits per heavy atom. The van der Waals surface area contributed by atoms with Gasteiger partial charge >= 0.3 is 0 Å². The molecule has 0 aromatic heterocycles. The second-order valence-electron chi connectivity index (χ2n) is 6.85. The number of aryl methyl sites for hydroxylation is 1. The normalized spacial score (nSPS) is 15.3. The maximum absolute atomic E-state index is 4.67. The summed E-state index contributed by atoms with van der Waals surface area (Å²) in [6.07, 6.45) is 8.19. The number of thiocarbonyl (C=S) groups is 1. The molecular formula is C23H19NS. The first kappa shape index (κ1) is 16.0. The van der Waals surface area contributed by atoms with Crippen LogP contribution in [0.2, 0.25) is 0 Å². The summed E-state index contributed by atoms with van der Waals surface area (Å²) in [6, 6.07) is 14.9. The van der Waals surface area contributed by atoms with E-state index in [-0.39, 0.29) is 0 Å². The zero-order valence-electron chi connectivity index (χ0n) is 14.1. The molecule has 2 aliphatic rings. The van der Waals surface area contributed by atoms with Crippen molar-refractivity contribution < 1.29 is 0 Å². The molecule has 0 atom stereocenters. The fourth-order valence-electron chi connectivity index (χ4n) is 3.23. The van der Waals surface area contributed by atoms with Crippen LogP contribution in [0, 0.1) is 17.8 Å². The van der Waals surface area contributed by atoms with Gasteiger partial charge in [0.05, 0.1) is 10.8 Å². The number of nitrogens with zero attached hydrogens (tertiary/aromatic N) is 1. The number of allylic oxidation sites excluding steroid dienone is 1. The third kappa shape index (κ3) is 4.15. The van der Waals surface area contributed by atoms with Crippen molar-refractivity contribution in [3.63, 3.8) is 0 Å². The van der Waals surface area contributed by atoms with E-state index in [1.165, 1.54) is 41.5 Å². The molecule has 0 spiro atoms. The average molecular weight is 341 g/mol. The summed E-state index contributed by atoms with van der Waals surface area (Å²) in [7, 11) is 0. The summed E-state index contributed by atoms with van der Waals surface area (Å²) in [5, 5.41) is 2.43. The van der Waals surface area contributed by atoms with Crippen molar-refractivity contribution in [2.45, 2.75) is 32.1 Å². The molecule has 0 bridgehead atoms. The van der Waals surface area contributed by atoms with Crippen molar-refractivity contribution in [1.82, 2.24) is 0 Å². The van der Waals surface area contributed by atoms with Gasteiger partial charge in [-0.2, -0.15) is 4.99 Å². The van der Waals surface area contributed by atoms with Crippen molar-refractivity contribution in [2.24, 2.45) is 10.9 Å². The van der Waals surface area contributed by atoms with Crippen LogP contribution >= 0.6 is 12.2 Å².